The predicted octanol–water partition coefficient (Wildman–Crippen LogP) is 0.219. The summed E-state index contributed by atoms with van der Waals surface area (Å²) in [5.74, 6) is -1.30. The zero-order valence-electron chi connectivity index (χ0n) is 12.2. The average molecular weight is 341 g/mol. The number of hydrogen-bond acceptors (Lipinski definition) is 5. The molecule has 0 bridgehead atoms. The van der Waals surface area contributed by atoms with Gasteiger partial charge >= 0.3 is 18.0 Å². The summed E-state index contributed by atoms with van der Waals surface area (Å²) in [6.45, 7) is -0.299. The predicted molar refractivity (Wildman–Crippen MR) is 79.0 cm³/mol. The lowest BCUT2D eigenvalue weighted by Crippen LogP contribution is -2.46. The fraction of sp³-hybridized carbons (Fsp3) is 0.308. The number of carbonyl (C=O) groups excluding carboxylic acids is 2. The fourth-order valence-electron chi connectivity index (χ4n) is 2.15. The van der Waals surface area contributed by atoms with Gasteiger partial charge in [0, 0.05) is 0 Å². The van der Waals surface area contributed by atoms with Crippen LogP contribution in [-0.4, -0.2) is 60.1 Å². The smallest absolute Gasteiger partial charge is 0.341 e. The van der Waals surface area contributed by atoms with Crippen LogP contribution in [0.1, 0.15) is 11.6 Å². The van der Waals surface area contributed by atoms with Crippen molar-refractivity contribution in [2.45, 2.75) is 6.04 Å². The quantitative estimate of drug-likeness (QED) is 0.807. The van der Waals surface area contributed by atoms with E-state index in [0.717, 1.165) is 6.26 Å². The van der Waals surface area contributed by atoms with Crippen molar-refractivity contribution in [1.82, 2.24) is 14.5 Å². The van der Waals surface area contributed by atoms with E-state index in [-0.39, 0.29) is 13.1 Å². The summed E-state index contributed by atoms with van der Waals surface area (Å²) < 4.78 is 23.4. The molecule has 1 aromatic rings. The molecule has 9 nitrogen and oxygen atoms in total. The molecule has 23 heavy (non-hydrogen) atoms. The van der Waals surface area contributed by atoms with Crippen molar-refractivity contribution in [2.75, 3.05) is 19.3 Å². The Morgan fingerprint density at radius 3 is 2.30 bits per heavy atom. The second-order valence-electron chi connectivity index (χ2n) is 4.90. The standard InChI is InChI=1S/C13H15N3O6S/c1-23(21,22)16-8-7-15(13(16)20)12(19)14-10(11(17)18)9-5-3-2-4-6-9/h2-6,10H,7-8H2,1H3,(H,14,19)(H,17,18). The van der Waals surface area contributed by atoms with Gasteiger partial charge < -0.3 is 10.4 Å². The molecule has 0 radical (unpaired) electrons. The fourth-order valence-corrected chi connectivity index (χ4v) is 2.94. The van der Waals surface area contributed by atoms with E-state index in [2.05, 4.69) is 5.32 Å². The van der Waals surface area contributed by atoms with Gasteiger partial charge in [-0.1, -0.05) is 30.3 Å². The molecule has 1 saturated heterocycles. The van der Waals surface area contributed by atoms with Gasteiger partial charge in [-0.25, -0.2) is 32.0 Å². The normalized spacial score (nSPS) is 16.3. The number of benzene rings is 1. The van der Waals surface area contributed by atoms with E-state index >= 15 is 0 Å². The Hall–Kier alpha value is -2.62. The average Bonchev–Trinajstić information content (AvgIpc) is 2.87. The summed E-state index contributed by atoms with van der Waals surface area (Å²) >= 11 is 0. The number of carboxylic acid groups (broad SMARTS) is 1. The van der Waals surface area contributed by atoms with Crippen LogP contribution in [0.5, 0.6) is 0 Å². The number of imide groups is 1. The molecule has 1 aliphatic heterocycles. The molecular formula is C13H15N3O6S. The Labute approximate surface area is 132 Å². The van der Waals surface area contributed by atoms with Crippen LogP contribution in [-0.2, 0) is 14.8 Å². The summed E-state index contributed by atoms with van der Waals surface area (Å²) in [6.07, 6.45) is 0.857. The molecule has 1 heterocycles. The number of rotatable bonds is 4. The zero-order chi connectivity index (χ0) is 17.2. The second kappa shape index (κ2) is 6.24. The Bertz CT molecular complexity index is 733. The van der Waals surface area contributed by atoms with Crippen LogP contribution in [0.4, 0.5) is 9.59 Å². The Morgan fingerprint density at radius 1 is 1.22 bits per heavy atom. The van der Waals surface area contributed by atoms with Crippen molar-refractivity contribution in [1.29, 1.82) is 0 Å². The molecule has 0 aliphatic carbocycles. The highest BCUT2D eigenvalue weighted by molar-refractivity contribution is 7.88. The number of hydrogen-bond donors (Lipinski definition) is 2. The van der Waals surface area contributed by atoms with Crippen LogP contribution >= 0.6 is 0 Å². The molecule has 1 fully saturated rings. The number of carboxylic acids is 1. The highest BCUT2D eigenvalue weighted by Gasteiger charge is 2.39. The van der Waals surface area contributed by atoms with E-state index in [9.17, 15) is 27.9 Å². The molecule has 2 rings (SSSR count). The summed E-state index contributed by atoms with van der Waals surface area (Å²) in [5.41, 5.74) is 0.333. The first kappa shape index (κ1) is 16.7. The van der Waals surface area contributed by atoms with Gasteiger partial charge in [-0.2, -0.15) is 0 Å². The van der Waals surface area contributed by atoms with Gasteiger partial charge in [-0.05, 0) is 5.56 Å². The number of aliphatic carboxylic acids is 1. The minimum absolute atomic E-state index is 0.140. The van der Waals surface area contributed by atoms with E-state index in [1.54, 1.807) is 18.2 Å². The van der Waals surface area contributed by atoms with Crippen LogP contribution in [0.2, 0.25) is 0 Å². The topological polar surface area (TPSA) is 124 Å². The molecular weight excluding hydrogens is 326 g/mol. The van der Waals surface area contributed by atoms with Gasteiger partial charge in [-0.3, -0.25) is 0 Å². The molecule has 1 atom stereocenters. The van der Waals surface area contributed by atoms with Crippen molar-refractivity contribution < 1.29 is 27.9 Å². The third-order valence-electron chi connectivity index (χ3n) is 3.26. The number of sulfonamides is 1. The van der Waals surface area contributed by atoms with Gasteiger partial charge in [0.1, 0.15) is 0 Å². The van der Waals surface area contributed by atoms with Crippen molar-refractivity contribution >= 4 is 28.1 Å². The first-order chi connectivity index (χ1) is 10.7. The monoisotopic (exact) mass is 341 g/mol. The number of carbonyl (C=O) groups is 3. The minimum atomic E-state index is -3.77. The van der Waals surface area contributed by atoms with Gasteiger partial charge in [0.2, 0.25) is 10.0 Å². The summed E-state index contributed by atoms with van der Waals surface area (Å²) in [7, 11) is -3.77. The maximum Gasteiger partial charge on any atom is 0.341 e. The van der Waals surface area contributed by atoms with E-state index in [0.29, 0.717) is 14.8 Å². The summed E-state index contributed by atoms with van der Waals surface area (Å²) in [5, 5.41) is 11.5. The van der Waals surface area contributed by atoms with E-state index in [1.165, 1.54) is 12.1 Å². The highest BCUT2D eigenvalue weighted by Crippen LogP contribution is 2.16. The Kier molecular flexibility index (Phi) is 4.55. The van der Waals surface area contributed by atoms with Gasteiger partial charge in [-0.15, -0.1) is 0 Å². The number of nitrogens with zero attached hydrogens (tertiary/aromatic N) is 2. The van der Waals surface area contributed by atoms with Crippen LogP contribution in [0, 0.1) is 0 Å². The van der Waals surface area contributed by atoms with Crippen molar-refractivity contribution in [3.8, 4) is 0 Å². The molecule has 124 valence electrons. The van der Waals surface area contributed by atoms with Crippen molar-refractivity contribution in [2.24, 2.45) is 0 Å². The first-order valence-electron chi connectivity index (χ1n) is 6.59. The first-order valence-corrected chi connectivity index (χ1v) is 8.44. The van der Waals surface area contributed by atoms with Crippen LogP contribution in [0.3, 0.4) is 0 Å². The molecule has 4 amide bonds. The number of nitrogens with one attached hydrogen (secondary N) is 1. The van der Waals surface area contributed by atoms with Crippen LogP contribution < -0.4 is 5.32 Å². The maximum atomic E-state index is 12.1. The molecule has 1 aromatic carbocycles. The highest BCUT2D eigenvalue weighted by atomic mass is 32.2. The molecule has 0 saturated carbocycles. The molecule has 10 heteroatoms. The zero-order valence-corrected chi connectivity index (χ0v) is 13.0. The van der Waals surface area contributed by atoms with Crippen LogP contribution in [0.15, 0.2) is 30.3 Å². The van der Waals surface area contributed by atoms with Crippen molar-refractivity contribution in [3.63, 3.8) is 0 Å². The van der Waals surface area contributed by atoms with Gasteiger partial charge in [0.25, 0.3) is 0 Å². The third kappa shape index (κ3) is 3.59. The molecule has 0 spiro atoms. The molecule has 1 aliphatic rings. The lowest BCUT2D eigenvalue weighted by Gasteiger charge is -2.20. The van der Waals surface area contributed by atoms with E-state index < -0.39 is 34.1 Å². The Morgan fingerprint density at radius 2 is 1.83 bits per heavy atom. The third-order valence-corrected chi connectivity index (χ3v) is 4.40. The molecule has 0 aromatic heterocycles. The van der Waals surface area contributed by atoms with Crippen molar-refractivity contribution in [3.05, 3.63) is 35.9 Å². The van der Waals surface area contributed by atoms with E-state index in [4.69, 9.17) is 0 Å². The number of urea groups is 2. The maximum absolute atomic E-state index is 12.1. The summed E-state index contributed by atoms with van der Waals surface area (Å²) in [6, 6.07) is 4.66. The van der Waals surface area contributed by atoms with E-state index in [1.807, 2.05) is 0 Å². The number of amides is 4. The SMILES string of the molecule is CS(=O)(=O)N1CCN(C(=O)NC(C(=O)O)c2ccccc2)C1=O. The molecule has 1 unspecified atom stereocenters. The van der Waals surface area contributed by atoms with Crippen LogP contribution in [0.25, 0.3) is 0 Å². The Balaban J connectivity index is 2.15. The second-order valence-corrected chi connectivity index (χ2v) is 6.81. The van der Waals surface area contributed by atoms with Gasteiger partial charge in [0.15, 0.2) is 6.04 Å². The lowest BCUT2D eigenvalue weighted by atomic mass is 10.1. The lowest BCUT2D eigenvalue weighted by molar-refractivity contribution is -0.139. The van der Waals surface area contributed by atoms with Gasteiger partial charge in [0.05, 0.1) is 19.3 Å². The largest absolute Gasteiger partial charge is 0.479 e. The molecule has 2 N–H and O–H groups in total. The minimum Gasteiger partial charge on any atom is -0.479 e. The summed E-state index contributed by atoms with van der Waals surface area (Å²) in [4.78, 5) is 36.1.